The molecule has 9 nitrogen and oxygen atoms in total. The lowest BCUT2D eigenvalue weighted by Gasteiger charge is -2.35. The molecule has 0 radical (unpaired) electrons. The van der Waals surface area contributed by atoms with E-state index < -0.39 is 11.4 Å². The Morgan fingerprint density at radius 2 is 1.78 bits per heavy atom. The number of halogens is 1. The molecule has 0 atom stereocenters. The Kier molecular flexibility index (Phi) is 6.05. The number of carbonyl (C=O) groups excluding carboxylic acids is 1. The predicted octanol–water partition coefficient (Wildman–Crippen LogP) is 3.59. The van der Waals surface area contributed by atoms with E-state index in [1.165, 1.54) is 12.4 Å². The number of nitrogens with zero attached hydrogens (tertiary/aromatic N) is 6. The maximum absolute atomic E-state index is 14.7. The number of fused-ring (bicyclic) bond motifs is 1. The number of hydrogen-bond acceptors (Lipinski definition) is 7. The van der Waals surface area contributed by atoms with Gasteiger partial charge in [-0.25, -0.2) is 14.4 Å². The molecule has 3 aromatic heterocycles. The summed E-state index contributed by atoms with van der Waals surface area (Å²) < 4.78 is 16.2. The van der Waals surface area contributed by atoms with Gasteiger partial charge in [0.2, 0.25) is 11.9 Å². The van der Waals surface area contributed by atoms with Crippen LogP contribution in [0.4, 0.5) is 21.7 Å². The molecule has 186 valence electrons. The fourth-order valence-electron chi connectivity index (χ4n) is 4.27. The van der Waals surface area contributed by atoms with Gasteiger partial charge in [0.15, 0.2) is 11.5 Å². The van der Waals surface area contributed by atoms with E-state index in [9.17, 15) is 14.3 Å². The zero-order chi connectivity index (χ0) is 25.4. The van der Waals surface area contributed by atoms with Gasteiger partial charge in [0.1, 0.15) is 11.4 Å². The minimum Gasteiger partial charge on any atom is -0.384 e. The molecule has 1 amide bonds. The Morgan fingerprint density at radius 1 is 1.06 bits per heavy atom. The number of amides is 1. The summed E-state index contributed by atoms with van der Waals surface area (Å²) in [5.74, 6) is 0.421. The molecule has 4 heterocycles. The van der Waals surface area contributed by atoms with E-state index in [0.717, 1.165) is 24.5 Å². The largest absolute Gasteiger partial charge is 0.384 e. The lowest BCUT2D eigenvalue weighted by Crippen LogP contribution is -2.48. The molecule has 0 spiro atoms. The van der Waals surface area contributed by atoms with Crippen LogP contribution in [0.5, 0.6) is 0 Å². The highest BCUT2D eigenvalue weighted by Crippen LogP contribution is 2.26. The molecule has 0 aliphatic carbocycles. The van der Waals surface area contributed by atoms with Crippen LogP contribution in [0, 0.1) is 5.82 Å². The van der Waals surface area contributed by atoms with Gasteiger partial charge in [-0.2, -0.15) is 4.98 Å². The normalized spacial score (nSPS) is 14.4. The Balaban J connectivity index is 1.37. The molecular weight excluding hydrogens is 461 g/mol. The lowest BCUT2D eigenvalue weighted by molar-refractivity contribution is -0.129. The van der Waals surface area contributed by atoms with E-state index in [-0.39, 0.29) is 11.3 Å². The van der Waals surface area contributed by atoms with Crippen LogP contribution in [0.1, 0.15) is 26.5 Å². The van der Waals surface area contributed by atoms with E-state index in [4.69, 9.17) is 0 Å². The van der Waals surface area contributed by atoms with E-state index in [1.54, 1.807) is 43.5 Å². The van der Waals surface area contributed by atoms with Crippen molar-refractivity contribution in [2.45, 2.75) is 26.4 Å². The molecular formula is C26H28FN7O2. The molecule has 10 heteroatoms. The summed E-state index contributed by atoms with van der Waals surface area (Å²) in [6.07, 6.45) is 2.76. The van der Waals surface area contributed by atoms with Crippen molar-refractivity contribution >= 4 is 34.3 Å². The first-order chi connectivity index (χ1) is 17.2. The molecule has 1 aliphatic rings. The maximum Gasteiger partial charge on any atom is 0.229 e. The van der Waals surface area contributed by atoms with Crippen LogP contribution >= 0.6 is 0 Å². The molecule has 0 unspecified atom stereocenters. The number of aromatic nitrogens is 4. The maximum atomic E-state index is 14.7. The van der Waals surface area contributed by atoms with Gasteiger partial charge in [-0.1, -0.05) is 6.07 Å². The minimum atomic E-state index is -1.13. The molecule has 1 saturated heterocycles. The van der Waals surface area contributed by atoms with Crippen molar-refractivity contribution < 1.29 is 14.3 Å². The predicted molar refractivity (Wildman–Crippen MR) is 136 cm³/mol. The first-order valence-corrected chi connectivity index (χ1v) is 11.8. The number of rotatable bonds is 5. The van der Waals surface area contributed by atoms with Gasteiger partial charge in [-0.15, -0.1) is 0 Å². The fraction of sp³-hybridized carbons (Fsp3) is 0.308. The van der Waals surface area contributed by atoms with Gasteiger partial charge < -0.3 is 20.2 Å². The van der Waals surface area contributed by atoms with E-state index in [0.29, 0.717) is 36.2 Å². The van der Waals surface area contributed by atoms with Crippen molar-refractivity contribution in [1.82, 2.24) is 24.4 Å². The highest BCUT2D eigenvalue weighted by Gasteiger charge is 2.21. The van der Waals surface area contributed by atoms with Gasteiger partial charge in [-0.05, 0) is 50.2 Å². The highest BCUT2D eigenvalue weighted by atomic mass is 19.1. The van der Waals surface area contributed by atoms with E-state index in [1.807, 2.05) is 29.2 Å². The number of carbonyl (C=O) groups is 1. The summed E-state index contributed by atoms with van der Waals surface area (Å²) in [7, 11) is 0. The average molecular weight is 490 g/mol. The Morgan fingerprint density at radius 3 is 2.44 bits per heavy atom. The highest BCUT2D eigenvalue weighted by molar-refractivity contribution is 5.79. The Labute approximate surface area is 208 Å². The van der Waals surface area contributed by atoms with Crippen molar-refractivity contribution in [2.75, 3.05) is 36.4 Å². The van der Waals surface area contributed by atoms with Crippen LogP contribution in [-0.4, -0.2) is 61.6 Å². The summed E-state index contributed by atoms with van der Waals surface area (Å²) in [5, 5.41) is 13.8. The Bertz CT molecular complexity index is 1400. The standard InChI is InChI=1S/C26H28FN7O2/c1-17(35)32-11-13-33(14-12-32)19-9-7-18(8-10-19)29-25-28-15-20-21(27)16-34(24(20)31-25)23-6-4-5-22(30-23)26(2,3)36/h4-10,15-16,36H,11-14H2,1-3H3,(H,28,29,31). The molecule has 1 aromatic carbocycles. The topological polar surface area (TPSA) is 99.4 Å². The van der Waals surface area contributed by atoms with Gasteiger partial charge in [0.25, 0.3) is 0 Å². The van der Waals surface area contributed by atoms with Crippen LogP contribution in [0.3, 0.4) is 0 Å². The van der Waals surface area contributed by atoms with Crippen LogP contribution in [-0.2, 0) is 10.4 Å². The molecule has 4 aromatic rings. The number of nitrogens with one attached hydrogen (secondary N) is 1. The van der Waals surface area contributed by atoms with Gasteiger partial charge in [0.05, 0.1) is 11.1 Å². The van der Waals surface area contributed by atoms with Crippen molar-refractivity contribution in [3.63, 3.8) is 0 Å². The molecule has 5 rings (SSSR count). The molecule has 1 fully saturated rings. The number of hydrogen-bond donors (Lipinski definition) is 2. The van der Waals surface area contributed by atoms with E-state index >= 15 is 0 Å². The quantitative estimate of drug-likeness (QED) is 0.442. The first kappa shape index (κ1) is 23.7. The van der Waals surface area contributed by atoms with Crippen molar-refractivity contribution in [1.29, 1.82) is 0 Å². The first-order valence-electron chi connectivity index (χ1n) is 11.8. The second-order valence-corrected chi connectivity index (χ2v) is 9.38. The zero-order valence-corrected chi connectivity index (χ0v) is 20.4. The molecule has 0 saturated carbocycles. The molecule has 1 aliphatic heterocycles. The second-order valence-electron chi connectivity index (χ2n) is 9.38. The number of piperazine rings is 1. The third-order valence-corrected chi connectivity index (χ3v) is 6.32. The monoisotopic (exact) mass is 489 g/mol. The lowest BCUT2D eigenvalue weighted by atomic mass is 10.1. The molecule has 0 bridgehead atoms. The van der Waals surface area contributed by atoms with Crippen molar-refractivity contribution in [3.05, 3.63) is 66.4 Å². The summed E-state index contributed by atoms with van der Waals surface area (Å²) in [5.41, 5.74) is 1.57. The van der Waals surface area contributed by atoms with Gasteiger partial charge in [0, 0.05) is 56.9 Å². The minimum absolute atomic E-state index is 0.109. The summed E-state index contributed by atoms with van der Waals surface area (Å²) >= 11 is 0. The summed E-state index contributed by atoms with van der Waals surface area (Å²) in [4.78, 5) is 29.0. The average Bonchev–Trinajstić information content (AvgIpc) is 3.20. The van der Waals surface area contributed by atoms with Crippen molar-refractivity contribution in [3.8, 4) is 5.82 Å². The zero-order valence-electron chi connectivity index (χ0n) is 20.4. The number of anilines is 3. The Hall–Kier alpha value is -4.05. The molecule has 36 heavy (non-hydrogen) atoms. The number of aliphatic hydroxyl groups is 1. The fourth-order valence-corrected chi connectivity index (χ4v) is 4.27. The third kappa shape index (κ3) is 4.72. The smallest absolute Gasteiger partial charge is 0.229 e. The van der Waals surface area contributed by atoms with Gasteiger partial charge >= 0.3 is 0 Å². The number of pyridine rings is 1. The van der Waals surface area contributed by atoms with Gasteiger partial charge in [-0.3, -0.25) is 9.36 Å². The van der Waals surface area contributed by atoms with Crippen LogP contribution in [0.2, 0.25) is 0 Å². The second kappa shape index (κ2) is 9.19. The van der Waals surface area contributed by atoms with Crippen LogP contribution in [0.25, 0.3) is 16.9 Å². The summed E-state index contributed by atoms with van der Waals surface area (Å²) in [6, 6.07) is 13.1. The summed E-state index contributed by atoms with van der Waals surface area (Å²) in [6.45, 7) is 7.91. The third-order valence-electron chi connectivity index (χ3n) is 6.32. The van der Waals surface area contributed by atoms with Crippen molar-refractivity contribution in [2.24, 2.45) is 0 Å². The number of benzene rings is 1. The molecule has 2 N–H and O–H groups in total. The SMILES string of the molecule is CC(=O)N1CCN(c2ccc(Nc3ncc4c(F)cn(-c5cccc(C(C)(C)O)n5)c4n3)cc2)CC1. The van der Waals surface area contributed by atoms with Crippen LogP contribution < -0.4 is 10.2 Å². The van der Waals surface area contributed by atoms with E-state index in [2.05, 4.69) is 25.2 Å². The van der Waals surface area contributed by atoms with Crippen LogP contribution in [0.15, 0.2) is 54.9 Å².